The summed E-state index contributed by atoms with van der Waals surface area (Å²) in [6.07, 6.45) is 5.03. The molecule has 4 N–H and O–H groups in total. The first-order chi connectivity index (χ1) is 18.3. The molecular weight excluding hydrogens is 487 g/mol. The molecular formula is C28H39FN6O3. The van der Waals surface area contributed by atoms with Gasteiger partial charge in [-0.1, -0.05) is 25.1 Å². The number of hydrogen-bond donors (Lipinski definition) is 2. The summed E-state index contributed by atoms with van der Waals surface area (Å²) >= 11 is 0. The van der Waals surface area contributed by atoms with E-state index in [9.17, 15) is 9.18 Å². The molecule has 1 aliphatic carbocycles. The van der Waals surface area contributed by atoms with Crippen LogP contribution >= 0.6 is 0 Å². The lowest BCUT2D eigenvalue weighted by atomic mass is 9.90. The summed E-state index contributed by atoms with van der Waals surface area (Å²) in [6.45, 7) is 7.41. The molecule has 0 spiro atoms. The van der Waals surface area contributed by atoms with Gasteiger partial charge in [0.05, 0.1) is 19.6 Å². The van der Waals surface area contributed by atoms with Crippen molar-refractivity contribution in [2.24, 2.45) is 29.2 Å². The van der Waals surface area contributed by atoms with Crippen molar-refractivity contribution >= 4 is 11.9 Å². The SMILES string of the molecule is CC(C)c1noc(N2CCC([C@H]3C[C@H]3CCOc3ccc(CC(=O)N4CCC(N)=C(N)C4)c(F)c3)CC2)n1. The highest BCUT2D eigenvalue weighted by atomic mass is 19.1. The molecule has 1 amide bonds. The molecule has 2 atom stereocenters. The molecule has 10 heteroatoms. The van der Waals surface area contributed by atoms with Crippen molar-refractivity contribution in [2.45, 2.75) is 58.3 Å². The first-order valence-electron chi connectivity index (χ1n) is 13.8. The topological polar surface area (TPSA) is 124 Å². The van der Waals surface area contributed by atoms with Crippen LogP contribution in [0, 0.1) is 23.6 Å². The van der Waals surface area contributed by atoms with Gasteiger partial charge in [-0.3, -0.25) is 4.79 Å². The minimum Gasteiger partial charge on any atom is -0.493 e. The van der Waals surface area contributed by atoms with Crippen molar-refractivity contribution in [1.29, 1.82) is 0 Å². The Morgan fingerprint density at radius 3 is 2.68 bits per heavy atom. The zero-order valence-electron chi connectivity index (χ0n) is 22.4. The highest BCUT2D eigenvalue weighted by Gasteiger charge is 2.43. The van der Waals surface area contributed by atoms with Crippen molar-refractivity contribution in [3.8, 4) is 5.75 Å². The molecule has 3 aliphatic rings. The molecule has 3 heterocycles. The van der Waals surface area contributed by atoms with Crippen molar-refractivity contribution in [3.63, 3.8) is 0 Å². The lowest BCUT2D eigenvalue weighted by molar-refractivity contribution is -0.130. The standard InChI is InChI=1S/C28H39FN6O3/c1-17(2)27-32-28(38-33-27)34-9-5-18(6-10-34)22-13-19(22)8-12-37-21-4-3-20(23(29)15-21)14-26(36)35-11-7-24(30)25(31)16-35/h3-4,15,17-19,22H,5-14,16,30-31H2,1-2H3/t19-,22-/m1/s1. The van der Waals surface area contributed by atoms with Gasteiger partial charge in [0.1, 0.15) is 11.6 Å². The van der Waals surface area contributed by atoms with Crippen molar-refractivity contribution in [1.82, 2.24) is 15.0 Å². The molecule has 0 bridgehead atoms. The van der Waals surface area contributed by atoms with E-state index in [1.54, 1.807) is 17.0 Å². The summed E-state index contributed by atoms with van der Waals surface area (Å²) in [5.41, 5.74) is 13.2. The van der Waals surface area contributed by atoms with Crippen LogP contribution in [0.15, 0.2) is 34.1 Å². The lowest BCUT2D eigenvalue weighted by Gasteiger charge is -2.30. The minimum absolute atomic E-state index is 0.00669. The molecule has 2 aliphatic heterocycles. The molecule has 0 radical (unpaired) electrons. The molecule has 1 aromatic heterocycles. The van der Waals surface area contributed by atoms with Crippen molar-refractivity contribution in [3.05, 3.63) is 46.8 Å². The molecule has 1 saturated heterocycles. The van der Waals surface area contributed by atoms with Crippen LogP contribution in [0.25, 0.3) is 0 Å². The average molecular weight is 527 g/mol. The fourth-order valence-corrected chi connectivity index (χ4v) is 5.67. The second-order valence-electron chi connectivity index (χ2n) is 11.3. The largest absolute Gasteiger partial charge is 0.493 e. The summed E-state index contributed by atoms with van der Waals surface area (Å²) < 4.78 is 26.0. The van der Waals surface area contributed by atoms with E-state index in [0.717, 1.165) is 50.0 Å². The average Bonchev–Trinajstić information content (AvgIpc) is 3.49. The molecule has 1 aromatic carbocycles. The number of aromatic nitrogens is 2. The van der Waals surface area contributed by atoms with Crippen molar-refractivity contribution in [2.75, 3.05) is 37.7 Å². The van der Waals surface area contributed by atoms with Gasteiger partial charge in [0.15, 0.2) is 5.82 Å². The molecule has 9 nitrogen and oxygen atoms in total. The number of halogens is 1. The Morgan fingerprint density at radius 2 is 2.00 bits per heavy atom. The van der Waals surface area contributed by atoms with E-state index in [1.165, 1.54) is 12.5 Å². The third kappa shape index (κ3) is 6.05. The van der Waals surface area contributed by atoms with Crippen LogP contribution in [0.2, 0.25) is 0 Å². The summed E-state index contributed by atoms with van der Waals surface area (Å²) in [5, 5.41) is 4.08. The highest BCUT2D eigenvalue weighted by Crippen LogP contribution is 2.50. The van der Waals surface area contributed by atoms with Gasteiger partial charge in [-0.05, 0) is 55.1 Å². The predicted octanol–water partition coefficient (Wildman–Crippen LogP) is 3.56. The van der Waals surface area contributed by atoms with Gasteiger partial charge in [0, 0.05) is 49.4 Å². The normalized spacial score (nSPS) is 22.3. The fraction of sp³-hybridized carbons (Fsp3) is 0.607. The molecule has 206 valence electrons. The van der Waals surface area contributed by atoms with Gasteiger partial charge in [-0.25, -0.2) is 4.39 Å². The fourth-order valence-electron chi connectivity index (χ4n) is 5.67. The van der Waals surface area contributed by atoms with E-state index < -0.39 is 5.82 Å². The number of nitrogens with zero attached hydrogens (tertiary/aromatic N) is 4. The number of piperidine rings is 1. The van der Waals surface area contributed by atoms with Crippen LogP contribution in [-0.4, -0.2) is 53.7 Å². The van der Waals surface area contributed by atoms with Crippen LogP contribution in [0.5, 0.6) is 5.75 Å². The molecule has 38 heavy (non-hydrogen) atoms. The summed E-state index contributed by atoms with van der Waals surface area (Å²) in [7, 11) is 0. The summed E-state index contributed by atoms with van der Waals surface area (Å²) in [5.74, 6) is 3.09. The monoisotopic (exact) mass is 526 g/mol. The van der Waals surface area contributed by atoms with Crippen LogP contribution < -0.4 is 21.1 Å². The third-order valence-electron chi connectivity index (χ3n) is 8.24. The zero-order valence-corrected chi connectivity index (χ0v) is 22.4. The van der Waals surface area contributed by atoms with E-state index >= 15 is 0 Å². The zero-order chi connectivity index (χ0) is 26.8. The number of nitrogens with two attached hydrogens (primary N) is 2. The first-order valence-corrected chi connectivity index (χ1v) is 13.8. The number of benzene rings is 1. The van der Waals surface area contributed by atoms with Gasteiger partial charge < -0.3 is 30.5 Å². The minimum atomic E-state index is -0.422. The predicted molar refractivity (Wildman–Crippen MR) is 142 cm³/mol. The van der Waals surface area contributed by atoms with Crippen LogP contribution in [0.1, 0.15) is 63.3 Å². The van der Waals surface area contributed by atoms with E-state index in [-0.39, 0.29) is 18.2 Å². The number of hydrogen-bond acceptors (Lipinski definition) is 8. The Bertz CT molecular complexity index is 1170. The number of rotatable bonds is 9. The lowest BCUT2D eigenvalue weighted by Crippen LogP contribution is -2.41. The van der Waals surface area contributed by atoms with Gasteiger partial charge >= 0.3 is 6.01 Å². The van der Waals surface area contributed by atoms with Gasteiger partial charge in [-0.15, -0.1) is 0 Å². The Kier molecular flexibility index (Phi) is 7.76. The van der Waals surface area contributed by atoms with Gasteiger partial charge in [0.25, 0.3) is 0 Å². The van der Waals surface area contributed by atoms with Crippen LogP contribution in [-0.2, 0) is 11.2 Å². The summed E-state index contributed by atoms with van der Waals surface area (Å²) in [4.78, 5) is 20.9. The Morgan fingerprint density at radius 1 is 1.21 bits per heavy atom. The highest BCUT2D eigenvalue weighted by molar-refractivity contribution is 5.79. The number of ether oxygens (including phenoxy) is 1. The Balaban J connectivity index is 1.02. The first kappa shape index (κ1) is 26.3. The maximum absolute atomic E-state index is 14.7. The second kappa shape index (κ2) is 11.2. The maximum atomic E-state index is 14.7. The quantitative estimate of drug-likeness (QED) is 0.508. The number of carbonyl (C=O) groups excluding carboxylic acids is 1. The second-order valence-corrected chi connectivity index (χ2v) is 11.3. The molecule has 2 aromatic rings. The molecule has 5 rings (SSSR count). The van der Waals surface area contributed by atoms with E-state index in [4.69, 9.17) is 20.7 Å². The van der Waals surface area contributed by atoms with Crippen molar-refractivity contribution < 1.29 is 18.4 Å². The molecule has 1 saturated carbocycles. The molecule has 2 fully saturated rings. The number of amides is 1. The Hall–Kier alpha value is -3.30. The van der Waals surface area contributed by atoms with Crippen LogP contribution in [0.3, 0.4) is 0 Å². The van der Waals surface area contributed by atoms with Gasteiger partial charge in [0.2, 0.25) is 5.91 Å². The smallest absolute Gasteiger partial charge is 0.324 e. The maximum Gasteiger partial charge on any atom is 0.324 e. The van der Waals surface area contributed by atoms with E-state index in [1.807, 2.05) is 0 Å². The number of carbonyl (C=O) groups is 1. The molecule has 0 unspecified atom stereocenters. The summed E-state index contributed by atoms with van der Waals surface area (Å²) in [6, 6.07) is 5.42. The third-order valence-corrected chi connectivity index (χ3v) is 8.24. The van der Waals surface area contributed by atoms with E-state index in [2.05, 4.69) is 28.9 Å². The van der Waals surface area contributed by atoms with Gasteiger partial charge in [-0.2, -0.15) is 4.98 Å². The Labute approximate surface area is 223 Å². The number of anilines is 1. The van der Waals surface area contributed by atoms with E-state index in [0.29, 0.717) is 60.8 Å². The van der Waals surface area contributed by atoms with Crippen LogP contribution in [0.4, 0.5) is 10.4 Å².